The number of ketones is 1. The molecule has 0 spiro atoms. The molecule has 6 heteroatoms. The molecule has 0 saturated carbocycles. The van der Waals surface area contributed by atoms with E-state index in [2.05, 4.69) is 63.2 Å². The van der Waals surface area contributed by atoms with Crippen LogP contribution in [-0.2, 0) is 11.2 Å². The molecule has 4 nitrogen and oxygen atoms in total. The van der Waals surface area contributed by atoms with Gasteiger partial charge in [0.15, 0.2) is 5.78 Å². The molecule has 1 fully saturated rings. The van der Waals surface area contributed by atoms with Crippen LogP contribution < -0.4 is 0 Å². The first-order valence-corrected chi connectivity index (χ1v) is 12.3. The van der Waals surface area contributed by atoms with Crippen molar-refractivity contribution in [3.8, 4) is 0 Å². The highest BCUT2D eigenvalue weighted by Crippen LogP contribution is 2.35. The normalized spacial score (nSPS) is 18.2. The van der Waals surface area contributed by atoms with Crippen LogP contribution >= 0.6 is 27.7 Å². The highest BCUT2D eigenvalue weighted by Gasteiger charge is 2.50. The molecule has 1 heterocycles. The molecule has 2 unspecified atom stereocenters. The van der Waals surface area contributed by atoms with E-state index < -0.39 is 5.66 Å². The number of thioether (sulfide) groups is 1. The molecular formula is C24H31BrN2O2S. The van der Waals surface area contributed by atoms with Crippen molar-refractivity contribution < 1.29 is 9.53 Å². The zero-order valence-electron chi connectivity index (χ0n) is 18.2. The molecule has 1 aliphatic rings. The molecule has 0 amide bonds. The fourth-order valence-corrected chi connectivity index (χ4v) is 5.25. The summed E-state index contributed by atoms with van der Waals surface area (Å²) in [6.07, 6.45) is 2.87. The Morgan fingerprint density at radius 1 is 1.13 bits per heavy atom. The highest BCUT2D eigenvalue weighted by atomic mass is 79.9. The van der Waals surface area contributed by atoms with Gasteiger partial charge in [-0.3, -0.25) is 14.6 Å². The maximum Gasteiger partial charge on any atom is 0.198 e. The summed E-state index contributed by atoms with van der Waals surface area (Å²) in [6, 6.07) is 16.4. The lowest BCUT2D eigenvalue weighted by molar-refractivity contribution is -0.0880. The van der Waals surface area contributed by atoms with Gasteiger partial charge in [0.1, 0.15) is 5.66 Å². The third-order valence-corrected chi connectivity index (χ3v) is 7.28. The van der Waals surface area contributed by atoms with Crippen molar-refractivity contribution in [3.63, 3.8) is 0 Å². The minimum absolute atomic E-state index is 0.0829. The molecule has 2 atom stereocenters. The van der Waals surface area contributed by atoms with Crippen molar-refractivity contribution >= 4 is 33.5 Å². The number of nitrogens with zero attached hydrogens (tertiary/aromatic N) is 2. The maximum atomic E-state index is 14.2. The molecule has 0 radical (unpaired) electrons. The fourth-order valence-electron chi connectivity index (χ4n) is 4.58. The second-order valence-electron chi connectivity index (χ2n) is 8.01. The van der Waals surface area contributed by atoms with E-state index in [1.165, 1.54) is 5.56 Å². The minimum atomic E-state index is -0.738. The van der Waals surface area contributed by atoms with Gasteiger partial charge in [0.2, 0.25) is 0 Å². The van der Waals surface area contributed by atoms with E-state index in [1.807, 2.05) is 38.4 Å². The van der Waals surface area contributed by atoms with Crippen molar-refractivity contribution in [1.29, 1.82) is 0 Å². The van der Waals surface area contributed by atoms with E-state index in [1.54, 1.807) is 11.8 Å². The quantitative estimate of drug-likeness (QED) is 0.391. The molecule has 0 aliphatic carbocycles. The lowest BCUT2D eigenvalue weighted by atomic mass is 9.80. The van der Waals surface area contributed by atoms with Crippen molar-refractivity contribution in [2.75, 3.05) is 46.7 Å². The van der Waals surface area contributed by atoms with Crippen molar-refractivity contribution in [2.24, 2.45) is 5.92 Å². The van der Waals surface area contributed by atoms with Gasteiger partial charge in [0.25, 0.3) is 0 Å². The number of rotatable bonds is 8. The van der Waals surface area contributed by atoms with Crippen LogP contribution in [0, 0.1) is 5.92 Å². The second-order valence-corrected chi connectivity index (χ2v) is 9.80. The van der Waals surface area contributed by atoms with Crippen molar-refractivity contribution in [3.05, 3.63) is 64.1 Å². The van der Waals surface area contributed by atoms with Crippen LogP contribution in [0.5, 0.6) is 0 Å². The monoisotopic (exact) mass is 490 g/mol. The molecule has 30 heavy (non-hydrogen) atoms. The Labute approximate surface area is 193 Å². The van der Waals surface area contributed by atoms with E-state index in [4.69, 9.17) is 4.74 Å². The lowest BCUT2D eigenvalue weighted by Crippen LogP contribution is -2.69. The Balaban J connectivity index is 2.02. The number of ether oxygens (including phenoxy) is 1. The fraction of sp³-hybridized carbons (Fsp3) is 0.458. The SMILES string of the molecule is CSc1ccc(C(=O)C(C(C)Cc2ccc(Br)cc2)(N(C)C)N2CCOCC2)cc1. The molecule has 162 valence electrons. The third kappa shape index (κ3) is 4.83. The van der Waals surface area contributed by atoms with Crippen molar-refractivity contribution in [2.45, 2.75) is 23.9 Å². The van der Waals surface area contributed by atoms with Crippen LogP contribution in [0.15, 0.2) is 57.9 Å². The van der Waals surface area contributed by atoms with Gasteiger partial charge in [-0.2, -0.15) is 0 Å². The lowest BCUT2D eigenvalue weighted by Gasteiger charge is -2.52. The first kappa shape index (κ1) is 23.5. The van der Waals surface area contributed by atoms with Crippen LogP contribution in [0.25, 0.3) is 0 Å². The minimum Gasteiger partial charge on any atom is -0.379 e. The Morgan fingerprint density at radius 3 is 2.27 bits per heavy atom. The Hall–Kier alpha value is -1.18. The summed E-state index contributed by atoms with van der Waals surface area (Å²) >= 11 is 5.20. The number of carbonyl (C=O) groups is 1. The summed E-state index contributed by atoms with van der Waals surface area (Å²) in [5, 5.41) is 0. The summed E-state index contributed by atoms with van der Waals surface area (Å²) in [5.74, 6) is 0.242. The molecule has 0 aromatic heterocycles. The number of morpholine rings is 1. The third-order valence-electron chi connectivity index (χ3n) is 6.00. The van der Waals surface area contributed by atoms with E-state index in [9.17, 15) is 4.79 Å². The molecule has 2 aromatic rings. The Morgan fingerprint density at radius 2 is 1.73 bits per heavy atom. The van der Waals surface area contributed by atoms with Crippen molar-refractivity contribution in [1.82, 2.24) is 9.80 Å². The van der Waals surface area contributed by atoms with Gasteiger partial charge in [0.05, 0.1) is 13.2 Å². The largest absolute Gasteiger partial charge is 0.379 e. The van der Waals surface area contributed by atoms with Crippen LogP contribution in [0.2, 0.25) is 0 Å². The van der Waals surface area contributed by atoms with E-state index in [0.29, 0.717) is 13.2 Å². The number of hydrogen-bond acceptors (Lipinski definition) is 5. The average molecular weight is 491 g/mol. The maximum absolute atomic E-state index is 14.2. The van der Waals surface area contributed by atoms with Crippen LogP contribution in [0.1, 0.15) is 22.8 Å². The number of halogens is 1. The van der Waals surface area contributed by atoms with Gasteiger partial charge in [-0.1, -0.05) is 47.1 Å². The second kappa shape index (κ2) is 10.4. The predicted molar refractivity (Wildman–Crippen MR) is 128 cm³/mol. The summed E-state index contributed by atoms with van der Waals surface area (Å²) < 4.78 is 6.69. The van der Waals surface area contributed by atoms with Crippen LogP contribution in [-0.4, -0.2) is 67.9 Å². The van der Waals surface area contributed by atoms with Gasteiger partial charge in [-0.05, 0) is 62.5 Å². The van der Waals surface area contributed by atoms with E-state index >= 15 is 0 Å². The van der Waals surface area contributed by atoms with E-state index in [-0.39, 0.29) is 11.7 Å². The van der Waals surface area contributed by atoms with E-state index in [0.717, 1.165) is 34.4 Å². The summed E-state index contributed by atoms with van der Waals surface area (Å²) in [7, 11) is 4.06. The van der Waals surface area contributed by atoms with Crippen LogP contribution in [0.4, 0.5) is 0 Å². The number of benzene rings is 2. The Bertz CT molecular complexity index is 835. The zero-order chi connectivity index (χ0) is 21.7. The van der Waals surface area contributed by atoms with Gasteiger partial charge < -0.3 is 4.74 Å². The number of hydrogen-bond donors (Lipinski definition) is 0. The number of Topliss-reactive ketones (excluding diaryl/α,β-unsaturated/α-hetero) is 1. The van der Waals surface area contributed by atoms with Gasteiger partial charge in [-0.25, -0.2) is 0 Å². The highest BCUT2D eigenvalue weighted by molar-refractivity contribution is 9.10. The zero-order valence-corrected chi connectivity index (χ0v) is 20.6. The number of carbonyl (C=O) groups excluding carboxylic acids is 1. The molecule has 1 saturated heterocycles. The molecule has 3 rings (SSSR count). The van der Waals surface area contributed by atoms with Crippen LogP contribution in [0.3, 0.4) is 0 Å². The van der Waals surface area contributed by atoms with Gasteiger partial charge in [-0.15, -0.1) is 11.8 Å². The standard InChI is InChI=1S/C24H31BrN2O2S/c1-18(17-19-5-9-21(25)10-6-19)24(26(2)3,27-13-15-29-16-14-27)23(28)20-7-11-22(30-4)12-8-20/h5-12,18H,13-17H2,1-4H3. The van der Waals surface area contributed by atoms with Gasteiger partial charge >= 0.3 is 0 Å². The topological polar surface area (TPSA) is 32.8 Å². The number of likely N-dealkylation sites (N-methyl/N-ethyl adjacent to an activating group) is 1. The average Bonchev–Trinajstić information content (AvgIpc) is 2.76. The molecular weight excluding hydrogens is 460 g/mol. The molecule has 0 bridgehead atoms. The predicted octanol–water partition coefficient (Wildman–Crippen LogP) is 4.82. The summed E-state index contributed by atoms with van der Waals surface area (Å²) in [5.41, 5.74) is 1.25. The first-order chi connectivity index (χ1) is 14.4. The summed E-state index contributed by atoms with van der Waals surface area (Å²) in [4.78, 5) is 19.8. The molecule has 2 aromatic carbocycles. The first-order valence-electron chi connectivity index (χ1n) is 10.3. The van der Waals surface area contributed by atoms with Gasteiger partial charge in [0, 0.05) is 28.0 Å². The Kier molecular flexibility index (Phi) is 8.16. The molecule has 1 aliphatic heterocycles. The molecule has 0 N–H and O–H groups in total. The summed E-state index contributed by atoms with van der Waals surface area (Å²) in [6.45, 7) is 5.00. The smallest absolute Gasteiger partial charge is 0.198 e.